The van der Waals surface area contributed by atoms with Crippen LogP contribution in [0, 0.1) is 18.8 Å². The number of rotatable bonds is 4. The second-order valence-corrected chi connectivity index (χ2v) is 11.6. The van der Waals surface area contributed by atoms with Crippen molar-refractivity contribution < 1.29 is 23.9 Å². The standard InChI is InChI=1S/C31H25ClN4O5/c1-15-8-18(32)11-20-27(15)34-30(39)31(20)26-25(22(35-31)10-17-12-33-21-5-3-2-4-19(17)21)28(37)36(29(26)38)13-16-6-7-23-24(9-16)41-14-40-23/h2-9,11-12,22,25-26,33,35H,10,13-14H2,1H3,(H,34,39). The normalized spacial score (nSPS) is 25.9. The van der Waals surface area contributed by atoms with Crippen LogP contribution in [0.25, 0.3) is 10.9 Å². The molecule has 0 bridgehead atoms. The van der Waals surface area contributed by atoms with Crippen molar-refractivity contribution in [3.8, 4) is 11.5 Å². The Morgan fingerprint density at radius 2 is 1.85 bits per heavy atom. The first-order valence-electron chi connectivity index (χ1n) is 13.5. The molecule has 10 heteroatoms. The molecule has 206 valence electrons. The molecule has 0 aliphatic carbocycles. The zero-order valence-corrected chi connectivity index (χ0v) is 22.7. The summed E-state index contributed by atoms with van der Waals surface area (Å²) in [6.45, 7) is 2.07. The van der Waals surface area contributed by atoms with Gasteiger partial charge < -0.3 is 19.8 Å². The lowest BCUT2D eigenvalue weighted by Gasteiger charge is -2.29. The van der Waals surface area contributed by atoms with E-state index in [2.05, 4.69) is 15.6 Å². The number of benzene rings is 3. The van der Waals surface area contributed by atoms with Crippen LogP contribution in [-0.4, -0.2) is 40.4 Å². The summed E-state index contributed by atoms with van der Waals surface area (Å²) in [7, 11) is 0. The maximum absolute atomic E-state index is 14.3. The number of ether oxygens (including phenoxy) is 2. The Morgan fingerprint density at radius 1 is 1.02 bits per heavy atom. The molecule has 9 nitrogen and oxygen atoms in total. The Morgan fingerprint density at radius 3 is 2.73 bits per heavy atom. The van der Waals surface area contributed by atoms with Gasteiger partial charge in [0, 0.05) is 39.4 Å². The molecule has 8 rings (SSSR count). The number of likely N-dealkylation sites (tertiary alicyclic amines) is 1. The smallest absolute Gasteiger partial charge is 0.250 e. The van der Waals surface area contributed by atoms with Gasteiger partial charge in [0.25, 0.3) is 0 Å². The van der Waals surface area contributed by atoms with Crippen LogP contribution < -0.4 is 20.1 Å². The van der Waals surface area contributed by atoms with Crippen molar-refractivity contribution in [2.24, 2.45) is 11.8 Å². The lowest BCUT2D eigenvalue weighted by Crippen LogP contribution is -2.53. The van der Waals surface area contributed by atoms with Gasteiger partial charge in [0.1, 0.15) is 5.54 Å². The Hall–Kier alpha value is -4.34. The molecule has 4 aliphatic heterocycles. The molecule has 3 N–H and O–H groups in total. The number of amides is 3. The van der Waals surface area contributed by atoms with Gasteiger partial charge >= 0.3 is 0 Å². The number of aryl methyl sites for hydroxylation is 1. The van der Waals surface area contributed by atoms with E-state index < -0.39 is 23.4 Å². The molecule has 4 aliphatic rings. The summed E-state index contributed by atoms with van der Waals surface area (Å²) in [5.41, 5.74) is 3.33. The average Bonchev–Trinajstić information content (AvgIpc) is 3.75. The molecule has 2 saturated heterocycles. The van der Waals surface area contributed by atoms with Crippen molar-refractivity contribution in [2.45, 2.75) is 31.5 Å². The lowest BCUT2D eigenvalue weighted by atomic mass is 9.76. The first-order valence-corrected chi connectivity index (χ1v) is 13.9. The number of hydrogen-bond acceptors (Lipinski definition) is 6. The number of carbonyl (C=O) groups is 3. The fourth-order valence-electron chi connectivity index (χ4n) is 7.18. The number of aromatic nitrogens is 1. The molecule has 3 amide bonds. The van der Waals surface area contributed by atoms with Gasteiger partial charge in [0.05, 0.1) is 18.4 Å². The maximum atomic E-state index is 14.3. The third-order valence-electron chi connectivity index (χ3n) is 8.97. The molecule has 2 fully saturated rings. The van der Waals surface area contributed by atoms with Crippen molar-refractivity contribution in [3.05, 3.63) is 88.1 Å². The number of fused-ring (bicyclic) bond motifs is 6. The Balaban J connectivity index is 1.23. The van der Waals surface area contributed by atoms with Crippen molar-refractivity contribution >= 4 is 45.9 Å². The quantitative estimate of drug-likeness (QED) is 0.321. The zero-order valence-electron chi connectivity index (χ0n) is 22.0. The highest BCUT2D eigenvalue weighted by molar-refractivity contribution is 6.31. The number of imide groups is 1. The first kappa shape index (κ1) is 24.5. The van der Waals surface area contributed by atoms with E-state index in [9.17, 15) is 14.4 Å². The molecule has 41 heavy (non-hydrogen) atoms. The SMILES string of the molecule is Cc1cc(Cl)cc2c1NC(=O)C21NC(Cc2c[nH]c3ccccc23)C2C(=O)N(Cc3ccc4c(c3)OCO4)C(=O)C21. The fourth-order valence-corrected chi connectivity index (χ4v) is 7.46. The van der Waals surface area contributed by atoms with Crippen LogP contribution in [0.4, 0.5) is 5.69 Å². The van der Waals surface area contributed by atoms with Crippen LogP contribution in [-0.2, 0) is 32.9 Å². The molecule has 5 heterocycles. The number of H-pyrrole nitrogens is 1. The number of para-hydroxylation sites is 1. The van der Waals surface area contributed by atoms with Gasteiger partial charge in [-0.2, -0.15) is 0 Å². The Labute approximate surface area is 239 Å². The van der Waals surface area contributed by atoms with E-state index >= 15 is 0 Å². The average molecular weight is 569 g/mol. The van der Waals surface area contributed by atoms with Crippen LogP contribution in [0.15, 0.2) is 60.8 Å². The Kier molecular flexibility index (Phi) is 5.12. The maximum Gasteiger partial charge on any atom is 0.250 e. The summed E-state index contributed by atoms with van der Waals surface area (Å²) in [6.07, 6.45) is 2.38. The molecular formula is C31H25ClN4O5. The van der Waals surface area contributed by atoms with Crippen molar-refractivity contribution in [2.75, 3.05) is 12.1 Å². The fraction of sp³-hybridized carbons (Fsp3) is 0.258. The van der Waals surface area contributed by atoms with E-state index in [1.165, 1.54) is 4.90 Å². The van der Waals surface area contributed by atoms with Crippen LogP contribution in [0.5, 0.6) is 11.5 Å². The highest BCUT2D eigenvalue weighted by Crippen LogP contribution is 2.54. The van der Waals surface area contributed by atoms with E-state index in [1.807, 2.05) is 43.5 Å². The molecule has 4 aromatic rings. The molecule has 1 aromatic heterocycles. The highest BCUT2D eigenvalue weighted by Gasteiger charge is 2.70. The van der Waals surface area contributed by atoms with Gasteiger partial charge in [0.15, 0.2) is 11.5 Å². The number of anilines is 1. The van der Waals surface area contributed by atoms with Crippen molar-refractivity contribution in [1.29, 1.82) is 0 Å². The molecule has 4 unspecified atom stereocenters. The summed E-state index contributed by atoms with van der Waals surface area (Å²) in [6, 6.07) is 16.4. The summed E-state index contributed by atoms with van der Waals surface area (Å²) in [5, 5.41) is 8.02. The molecule has 4 atom stereocenters. The second-order valence-electron chi connectivity index (χ2n) is 11.2. The third kappa shape index (κ3) is 3.36. The number of hydrogen-bond donors (Lipinski definition) is 3. The predicted octanol–water partition coefficient (Wildman–Crippen LogP) is 4.02. The number of halogens is 1. The van der Waals surface area contributed by atoms with Gasteiger partial charge in [-0.25, -0.2) is 0 Å². The van der Waals surface area contributed by atoms with E-state index in [1.54, 1.807) is 24.3 Å². The van der Waals surface area contributed by atoms with Crippen LogP contribution in [0.2, 0.25) is 5.02 Å². The molecule has 1 spiro atoms. The summed E-state index contributed by atoms with van der Waals surface area (Å²) >= 11 is 6.49. The minimum Gasteiger partial charge on any atom is -0.454 e. The summed E-state index contributed by atoms with van der Waals surface area (Å²) in [4.78, 5) is 47.0. The monoisotopic (exact) mass is 568 g/mol. The number of aromatic amines is 1. The topological polar surface area (TPSA) is 113 Å². The van der Waals surface area contributed by atoms with Gasteiger partial charge in [0.2, 0.25) is 24.5 Å². The van der Waals surface area contributed by atoms with E-state index in [0.29, 0.717) is 34.2 Å². The van der Waals surface area contributed by atoms with Crippen LogP contribution in [0.1, 0.15) is 22.3 Å². The third-order valence-corrected chi connectivity index (χ3v) is 9.19. The van der Waals surface area contributed by atoms with E-state index in [0.717, 1.165) is 27.6 Å². The van der Waals surface area contributed by atoms with Gasteiger partial charge in [-0.3, -0.25) is 24.6 Å². The van der Waals surface area contributed by atoms with Gasteiger partial charge in [-0.1, -0.05) is 35.9 Å². The lowest BCUT2D eigenvalue weighted by molar-refractivity contribution is -0.143. The minimum atomic E-state index is -1.43. The first-order chi connectivity index (χ1) is 19.8. The van der Waals surface area contributed by atoms with Gasteiger partial charge in [-0.05, 0) is 60.4 Å². The molecule has 0 radical (unpaired) electrons. The van der Waals surface area contributed by atoms with Crippen molar-refractivity contribution in [1.82, 2.24) is 15.2 Å². The van der Waals surface area contributed by atoms with Crippen LogP contribution >= 0.6 is 11.6 Å². The number of nitrogens with one attached hydrogen (secondary N) is 3. The number of carbonyl (C=O) groups excluding carboxylic acids is 3. The molecular weight excluding hydrogens is 544 g/mol. The zero-order chi connectivity index (χ0) is 28.0. The summed E-state index contributed by atoms with van der Waals surface area (Å²) in [5.74, 6) is -1.51. The van der Waals surface area contributed by atoms with Gasteiger partial charge in [-0.15, -0.1) is 0 Å². The predicted molar refractivity (Wildman–Crippen MR) is 151 cm³/mol. The van der Waals surface area contributed by atoms with Crippen LogP contribution in [0.3, 0.4) is 0 Å². The molecule has 3 aromatic carbocycles. The van der Waals surface area contributed by atoms with E-state index in [4.69, 9.17) is 21.1 Å². The largest absolute Gasteiger partial charge is 0.454 e. The summed E-state index contributed by atoms with van der Waals surface area (Å²) < 4.78 is 10.9. The number of nitrogens with zero attached hydrogens (tertiary/aromatic N) is 1. The molecule has 0 saturated carbocycles. The minimum absolute atomic E-state index is 0.0697. The highest BCUT2D eigenvalue weighted by atomic mass is 35.5. The Bertz CT molecular complexity index is 1820. The second kappa shape index (κ2) is 8.58. The van der Waals surface area contributed by atoms with Crippen molar-refractivity contribution in [3.63, 3.8) is 0 Å². The van der Waals surface area contributed by atoms with E-state index in [-0.39, 0.29) is 31.1 Å².